The summed E-state index contributed by atoms with van der Waals surface area (Å²) in [5.41, 5.74) is 1.35. The molecular formula is C17H15Br2NO3. The van der Waals surface area contributed by atoms with Crippen LogP contribution in [0.4, 0.5) is 0 Å². The van der Waals surface area contributed by atoms with Crippen molar-refractivity contribution in [3.8, 4) is 0 Å². The van der Waals surface area contributed by atoms with Gasteiger partial charge in [-0.25, -0.2) is 0 Å². The van der Waals surface area contributed by atoms with Crippen LogP contribution in [-0.2, 0) is 9.53 Å². The minimum absolute atomic E-state index is 0.0638. The van der Waals surface area contributed by atoms with Gasteiger partial charge in [-0.15, -0.1) is 0 Å². The molecule has 1 unspecified atom stereocenters. The summed E-state index contributed by atoms with van der Waals surface area (Å²) in [6, 6.07) is 14.1. The van der Waals surface area contributed by atoms with Crippen molar-refractivity contribution in [2.24, 2.45) is 0 Å². The van der Waals surface area contributed by atoms with E-state index in [0.717, 1.165) is 10.0 Å². The second kappa shape index (κ2) is 8.26. The number of halogens is 2. The summed E-state index contributed by atoms with van der Waals surface area (Å²) < 4.78 is 6.35. The zero-order valence-corrected chi connectivity index (χ0v) is 15.6. The molecule has 1 N–H and O–H groups in total. The molecule has 0 aliphatic heterocycles. The Balaban J connectivity index is 2.23. The smallest absolute Gasteiger partial charge is 0.307 e. The summed E-state index contributed by atoms with van der Waals surface area (Å²) in [6.07, 6.45) is 0.0638. The number of carbonyl (C=O) groups excluding carboxylic acids is 2. The molecule has 0 saturated carbocycles. The molecule has 6 heteroatoms. The Morgan fingerprint density at radius 3 is 2.35 bits per heavy atom. The van der Waals surface area contributed by atoms with Gasteiger partial charge in [0.2, 0.25) is 0 Å². The highest BCUT2D eigenvalue weighted by molar-refractivity contribution is 9.10. The maximum atomic E-state index is 12.5. The number of ether oxygens (including phenoxy) is 1. The lowest BCUT2D eigenvalue weighted by atomic mass is 10.0. The van der Waals surface area contributed by atoms with Crippen molar-refractivity contribution in [1.82, 2.24) is 5.32 Å². The third kappa shape index (κ3) is 4.91. The van der Waals surface area contributed by atoms with Gasteiger partial charge in [0.05, 0.1) is 25.1 Å². The lowest BCUT2D eigenvalue weighted by Gasteiger charge is -2.19. The largest absolute Gasteiger partial charge is 0.469 e. The molecule has 4 nitrogen and oxygen atoms in total. The number of hydrogen-bond acceptors (Lipinski definition) is 3. The average Bonchev–Trinajstić information content (AvgIpc) is 2.55. The molecule has 0 aromatic heterocycles. The molecule has 120 valence electrons. The summed E-state index contributed by atoms with van der Waals surface area (Å²) >= 11 is 6.73. The van der Waals surface area contributed by atoms with Crippen molar-refractivity contribution < 1.29 is 14.3 Å². The van der Waals surface area contributed by atoms with Gasteiger partial charge in [0.25, 0.3) is 5.91 Å². The highest BCUT2D eigenvalue weighted by atomic mass is 79.9. The SMILES string of the molecule is COC(=O)CC(NC(=O)c1ccccc1Br)c1ccc(Br)cc1. The molecule has 0 bridgehead atoms. The van der Waals surface area contributed by atoms with E-state index in [1.165, 1.54) is 7.11 Å². The van der Waals surface area contributed by atoms with Gasteiger partial charge in [0.1, 0.15) is 0 Å². The monoisotopic (exact) mass is 439 g/mol. The molecule has 23 heavy (non-hydrogen) atoms. The fourth-order valence-electron chi connectivity index (χ4n) is 2.08. The van der Waals surface area contributed by atoms with E-state index in [9.17, 15) is 9.59 Å². The van der Waals surface area contributed by atoms with Gasteiger partial charge in [-0.05, 0) is 45.8 Å². The van der Waals surface area contributed by atoms with E-state index in [1.54, 1.807) is 18.2 Å². The van der Waals surface area contributed by atoms with Crippen LogP contribution in [0.1, 0.15) is 28.4 Å². The Morgan fingerprint density at radius 2 is 1.74 bits per heavy atom. The number of nitrogens with one attached hydrogen (secondary N) is 1. The van der Waals surface area contributed by atoms with Gasteiger partial charge in [0, 0.05) is 8.95 Å². The summed E-state index contributed by atoms with van der Waals surface area (Å²) in [7, 11) is 1.33. The van der Waals surface area contributed by atoms with Crippen LogP contribution >= 0.6 is 31.9 Å². The highest BCUT2D eigenvalue weighted by Gasteiger charge is 2.20. The number of methoxy groups -OCH3 is 1. The summed E-state index contributed by atoms with van der Waals surface area (Å²) in [4.78, 5) is 24.1. The zero-order valence-electron chi connectivity index (χ0n) is 12.4. The van der Waals surface area contributed by atoms with Gasteiger partial charge in [-0.1, -0.05) is 40.2 Å². The van der Waals surface area contributed by atoms with Crippen molar-refractivity contribution in [2.75, 3.05) is 7.11 Å². The third-order valence-corrected chi connectivity index (χ3v) is 4.51. The van der Waals surface area contributed by atoms with E-state index in [0.29, 0.717) is 10.0 Å². The predicted octanol–water partition coefficient (Wildman–Crippen LogP) is 4.25. The van der Waals surface area contributed by atoms with Crippen LogP contribution in [0, 0.1) is 0 Å². The second-order valence-electron chi connectivity index (χ2n) is 4.84. The van der Waals surface area contributed by atoms with Crippen LogP contribution in [0.5, 0.6) is 0 Å². The zero-order chi connectivity index (χ0) is 16.8. The first kappa shape index (κ1) is 17.7. The lowest BCUT2D eigenvalue weighted by Crippen LogP contribution is -2.30. The van der Waals surface area contributed by atoms with Crippen molar-refractivity contribution in [1.29, 1.82) is 0 Å². The van der Waals surface area contributed by atoms with Crippen LogP contribution in [-0.4, -0.2) is 19.0 Å². The van der Waals surface area contributed by atoms with Crippen LogP contribution in [0.3, 0.4) is 0 Å². The van der Waals surface area contributed by atoms with Gasteiger partial charge >= 0.3 is 5.97 Å². The Hall–Kier alpha value is -1.66. The molecule has 0 heterocycles. The molecule has 0 fully saturated rings. The van der Waals surface area contributed by atoms with E-state index in [1.807, 2.05) is 30.3 Å². The molecule has 0 spiro atoms. The molecule has 1 amide bonds. The van der Waals surface area contributed by atoms with E-state index in [4.69, 9.17) is 4.74 Å². The van der Waals surface area contributed by atoms with E-state index < -0.39 is 6.04 Å². The molecular weight excluding hydrogens is 426 g/mol. The Morgan fingerprint density at radius 1 is 1.09 bits per heavy atom. The summed E-state index contributed by atoms with van der Waals surface area (Å²) in [5, 5.41) is 2.89. The molecule has 0 saturated heterocycles. The summed E-state index contributed by atoms with van der Waals surface area (Å²) in [6.45, 7) is 0. The van der Waals surface area contributed by atoms with Crippen molar-refractivity contribution in [3.05, 3.63) is 68.6 Å². The normalized spacial score (nSPS) is 11.6. The van der Waals surface area contributed by atoms with Crippen LogP contribution in [0.15, 0.2) is 57.5 Å². The minimum Gasteiger partial charge on any atom is -0.469 e. The molecule has 0 aliphatic rings. The number of benzene rings is 2. The topological polar surface area (TPSA) is 55.4 Å². The minimum atomic E-state index is -0.463. The van der Waals surface area contributed by atoms with Gasteiger partial charge in [-0.3, -0.25) is 9.59 Å². The number of carbonyl (C=O) groups is 2. The molecule has 2 aromatic rings. The second-order valence-corrected chi connectivity index (χ2v) is 6.61. The summed E-state index contributed by atoms with van der Waals surface area (Å²) in [5.74, 6) is -0.639. The Labute approximate surface area is 151 Å². The maximum absolute atomic E-state index is 12.5. The number of rotatable bonds is 5. The van der Waals surface area contributed by atoms with Crippen molar-refractivity contribution >= 4 is 43.7 Å². The van der Waals surface area contributed by atoms with Crippen LogP contribution < -0.4 is 5.32 Å². The average molecular weight is 441 g/mol. The Bertz CT molecular complexity index is 701. The predicted molar refractivity (Wildman–Crippen MR) is 95.1 cm³/mol. The van der Waals surface area contributed by atoms with E-state index in [-0.39, 0.29) is 18.3 Å². The number of amides is 1. The van der Waals surface area contributed by atoms with E-state index >= 15 is 0 Å². The molecule has 0 radical (unpaired) electrons. The van der Waals surface area contributed by atoms with E-state index in [2.05, 4.69) is 37.2 Å². The standard InChI is InChI=1S/C17H15Br2NO3/c1-23-16(21)10-15(11-6-8-12(18)9-7-11)20-17(22)13-4-2-3-5-14(13)19/h2-9,15H,10H2,1H3,(H,20,22). The highest BCUT2D eigenvalue weighted by Crippen LogP contribution is 2.22. The van der Waals surface area contributed by atoms with Crippen molar-refractivity contribution in [2.45, 2.75) is 12.5 Å². The number of hydrogen-bond donors (Lipinski definition) is 1. The van der Waals surface area contributed by atoms with Gasteiger partial charge in [0.15, 0.2) is 0 Å². The first-order valence-electron chi connectivity index (χ1n) is 6.89. The first-order valence-corrected chi connectivity index (χ1v) is 8.47. The number of esters is 1. The molecule has 1 atom stereocenters. The van der Waals surface area contributed by atoms with Gasteiger partial charge in [-0.2, -0.15) is 0 Å². The van der Waals surface area contributed by atoms with Crippen molar-refractivity contribution in [3.63, 3.8) is 0 Å². The fourth-order valence-corrected chi connectivity index (χ4v) is 2.81. The molecule has 0 aliphatic carbocycles. The Kier molecular flexibility index (Phi) is 6.36. The lowest BCUT2D eigenvalue weighted by molar-refractivity contribution is -0.141. The van der Waals surface area contributed by atoms with Crippen LogP contribution in [0.25, 0.3) is 0 Å². The first-order chi connectivity index (χ1) is 11.0. The van der Waals surface area contributed by atoms with Crippen LogP contribution in [0.2, 0.25) is 0 Å². The maximum Gasteiger partial charge on any atom is 0.307 e. The van der Waals surface area contributed by atoms with Gasteiger partial charge < -0.3 is 10.1 Å². The third-order valence-electron chi connectivity index (χ3n) is 3.29. The molecule has 2 rings (SSSR count). The molecule has 2 aromatic carbocycles. The quantitative estimate of drug-likeness (QED) is 0.707. The fraction of sp³-hybridized carbons (Fsp3) is 0.176.